The van der Waals surface area contributed by atoms with Crippen LogP contribution < -0.4 is 0 Å². The summed E-state index contributed by atoms with van der Waals surface area (Å²) in [6.45, 7) is 0. The molecular weight excluding hydrogens is 805 g/mol. The third kappa shape index (κ3) is 8.10. The zero-order valence-electron chi connectivity index (χ0n) is 28.5. The molecule has 10 heteroatoms. The molecule has 274 valence electrons. The van der Waals surface area contributed by atoms with E-state index in [0.717, 1.165) is 59.2 Å². The Kier molecular flexibility index (Phi) is 10.5. The van der Waals surface area contributed by atoms with Gasteiger partial charge in [-0.25, -0.2) is 0 Å². The fourth-order valence-electron chi connectivity index (χ4n) is 11.4. The van der Waals surface area contributed by atoms with Crippen molar-refractivity contribution >= 4 is 63.5 Å². The van der Waals surface area contributed by atoms with E-state index in [4.69, 9.17) is 13.0 Å². The standard InChI is InChI=1S/C20H21Br.C10H7Br.C10H16O.CHF3O3S/c21-19-6-5-18(16-3-1-2-4-17(16)19)20-10-13-7-14(11-20)9-15(8-13)12-20;11-10-7-3-5-8-4-1-2-6-9(8)10;11-10-4-7-1-8(5-10)3-9(2-7)6-10;2-1(3,4)8(5,6)7/h1-6,13-15H,7-12H2;1-7H;7-9,11H,1-6H2;(H,5,6,7). The van der Waals surface area contributed by atoms with E-state index in [1.165, 1.54) is 83.8 Å². The Morgan fingerprint density at radius 2 is 0.961 bits per heavy atom. The molecule has 0 unspecified atom stereocenters. The van der Waals surface area contributed by atoms with Crippen molar-refractivity contribution in [3.63, 3.8) is 0 Å². The minimum Gasteiger partial charge on any atom is -0.390 e. The van der Waals surface area contributed by atoms with E-state index < -0.39 is 15.6 Å². The van der Waals surface area contributed by atoms with Crippen LogP contribution in [0.2, 0.25) is 0 Å². The van der Waals surface area contributed by atoms with Gasteiger partial charge < -0.3 is 5.11 Å². The molecule has 0 aliphatic heterocycles. The summed E-state index contributed by atoms with van der Waals surface area (Å²) in [6, 6.07) is 28.2. The molecule has 2 N–H and O–H groups in total. The molecule has 8 bridgehead atoms. The molecule has 0 aromatic heterocycles. The van der Waals surface area contributed by atoms with Crippen molar-refractivity contribution in [3.8, 4) is 0 Å². The Bertz CT molecular complexity index is 1920. The van der Waals surface area contributed by atoms with Crippen LogP contribution >= 0.6 is 31.9 Å². The summed E-state index contributed by atoms with van der Waals surface area (Å²) >= 11 is 7.24. The van der Waals surface area contributed by atoms with Crippen LogP contribution in [0.4, 0.5) is 13.2 Å². The van der Waals surface area contributed by atoms with Gasteiger partial charge in [0.2, 0.25) is 0 Å². The summed E-state index contributed by atoms with van der Waals surface area (Å²) in [6.07, 6.45) is 16.6. The van der Waals surface area contributed by atoms with Crippen LogP contribution in [0.1, 0.15) is 82.6 Å². The van der Waals surface area contributed by atoms with Gasteiger partial charge in [-0.15, -0.1) is 0 Å². The molecule has 0 spiro atoms. The van der Waals surface area contributed by atoms with Crippen LogP contribution in [-0.4, -0.2) is 29.2 Å². The SMILES string of the molecule is Brc1ccc(C23CC4CC(CC(C4)C2)C3)c2ccccc12.Brc1cccc2ccccc12.O=S(=O)(O)C(F)(F)F.OC12CC3CC(CC(C3)C1)C2. The van der Waals surface area contributed by atoms with Gasteiger partial charge in [0.25, 0.3) is 0 Å². The van der Waals surface area contributed by atoms with E-state index in [2.05, 4.69) is 98.6 Å². The van der Waals surface area contributed by atoms with Crippen molar-refractivity contribution in [3.05, 3.63) is 93.4 Å². The number of hydrogen-bond acceptors (Lipinski definition) is 3. The highest BCUT2D eigenvalue weighted by Crippen LogP contribution is 2.61. The number of benzene rings is 4. The van der Waals surface area contributed by atoms with Crippen molar-refractivity contribution in [2.45, 2.75) is 93.6 Å². The summed E-state index contributed by atoms with van der Waals surface area (Å²) in [5.74, 6) is 5.72. The molecule has 8 saturated carbocycles. The summed E-state index contributed by atoms with van der Waals surface area (Å²) in [7, 11) is -5.84. The van der Waals surface area contributed by atoms with Crippen LogP contribution in [0.25, 0.3) is 21.5 Å². The molecule has 4 aromatic rings. The molecule has 0 saturated heterocycles. The summed E-state index contributed by atoms with van der Waals surface area (Å²) in [4.78, 5) is 0. The second kappa shape index (κ2) is 14.3. The van der Waals surface area contributed by atoms with Gasteiger partial charge in [0.1, 0.15) is 0 Å². The lowest BCUT2D eigenvalue weighted by atomic mass is 9.48. The lowest BCUT2D eigenvalue weighted by Gasteiger charge is -2.57. The molecular formula is C41H45Br2F3O4S. The fraction of sp³-hybridized carbons (Fsp3) is 0.512. The zero-order chi connectivity index (χ0) is 36.2. The normalized spacial score (nSPS) is 32.8. The lowest BCUT2D eigenvalue weighted by Crippen LogP contribution is -2.50. The number of fused-ring (bicyclic) bond motifs is 2. The zero-order valence-corrected chi connectivity index (χ0v) is 32.5. The minimum absolute atomic E-state index is 0.200. The second-order valence-corrected chi connectivity index (χ2v) is 19.5. The van der Waals surface area contributed by atoms with Crippen molar-refractivity contribution in [2.24, 2.45) is 35.5 Å². The molecule has 8 fully saturated rings. The first-order chi connectivity index (χ1) is 24.1. The first-order valence-electron chi connectivity index (χ1n) is 18.2. The molecule has 0 atom stereocenters. The number of aliphatic hydroxyl groups is 1. The second-order valence-electron chi connectivity index (χ2n) is 16.4. The maximum absolute atomic E-state index is 10.7. The van der Waals surface area contributed by atoms with Crippen LogP contribution in [0.5, 0.6) is 0 Å². The number of halogens is 5. The first kappa shape index (κ1) is 37.3. The largest absolute Gasteiger partial charge is 0.522 e. The molecule has 0 heterocycles. The Labute approximate surface area is 315 Å². The van der Waals surface area contributed by atoms with Crippen LogP contribution in [0.15, 0.2) is 87.8 Å². The van der Waals surface area contributed by atoms with Crippen molar-refractivity contribution < 1.29 is 31.2 Å². The third-order valence-electron chi connectivity index (χ3n) is 12.5. The lowest BCUT2D eigenvalue weighted by molar-refractivity contribution is -0.124. The summed E-state index contributed by atoms with van der Waals surface area (Å²) in [5, 5.41) is 15.5. The van der Waals surface area contributed by atoms with E-state index in [1.54, 1.807) is 5.56 Å². The van der Waals surface area contributed by atoms with E-state index in [0.29, 0.717) is 5.41 Å². The van der Waals surface area contributed by atoms with Crippen LogP contribution in [0, 0.1) is 35.5 Å². The van der Waals surface area contributed by atoms with E-state index in [1.807, 2.05) is 12.1 Å². The maximum atomic E-state index is 10.7. The van der Waals surface area contributed by atoms with E-state index in [-0.39, 0.29) is 5.60 Å². The molecule has 8 aliphatic rings. The molecule has 0 radical (unpaired) electrons. The molecule has 8 aliphatic carbocycles. The number of rotatable bonds is 1. The predicted molar refractivity (Wildman–Crippen MR) is 204 cm³/mol. The Morgan fingerprint density at radius 1 is 0.569 bits per heavy atom. The Balaban J connectivity index is 0.000000116. The fourth-order valence-corrected chi connectivity index (χ4v) is 12.4. The minimum atomic E-state index is -5.84. The van der Waals surface area contributed by atoms with Gasteiger partial charge in [-0.05, 0) is 157 Å². The van der Waals surface area contributed by atoms with Gasteiger partial charge >= 0.3 is 15.6 Å². The summed E-state index contributed by atoms with van der Waals surface area (Å²) in [5.41, 5.74) is -3.59. The smallest absolute Gasteiger partial charge is 0.390 e. The van der Waals surface area contributed by atoms with Gasteiger partial charge in [0.15, 0.2) is 0 Å². The number of alkyl halides is 3. The van der Waals surface area contributed by atoms with Crippen LogP contribution in [0.3, 0.4) is 0 Å². The predicted octanol–water partition coefficient (Wildman–Crippen LogP) is 12.0. The molecule has 0 amide bonds. The van der Waals surface area contributed by atoms with Gasteiger partial charge in [-0.3, -0.25) is 4.55 Å². The topological polar surface area (TPSA) is 74.6 Å². The van der Waals surface area contributed by atoms with E-state index in [9.17, 15) is 18.3 Å². The average Bonchev–Trinajstić information content (AvgIpc) is 3.04. The first-order valence-corrected chi connectivity index (χ1v) is 21.2. The van der Waals surface area contributed by atoms with Gasteiger partial charge in [-0.2, -0.15) is 21.6 Å². The van der Waals surface area contributed by atoms with Gasteiger partial charge in [-0.1, -0.05) is 98.6 Å². The quantitative estimate of drug-likeness (QED) is 0.148. The van der Waals surface area contributed by atoms with Crippen molar-refractivity contribution in [1.29, 1.82) is 0 Å². The Hall–Kier alpha value is -1.98. The molecule has 4 aromatic carbocycles. The monoisotopic (exact) mass is 848 g/mol. The molecule has 4 nitrogen and oxygen atoms in total. The van der Waals surface area contributed by atoms with Crippen molar-refractivity contribution in [1.82, 2.24) is 0 Å². The van der Waals surface area contributed by atoms with E-state index >= 15 is 0 Å². The highest BCUT2D eigenvalue weighted by Gasteiger charge is 2.52. The van der Waals surface area contributed by atoms with Gasteiger partial charge in [0.05, 0.1) is 5.60 Å². The highest BCUT2D eigenvalue weighted by molar-refractivity contribution is 9.11. The molecule has 12 rings (SSSR count). The number of hydrogen-bond donors (Lipinski definition) is 2. The average molecular weight is 851 g/mol. The van der Waals surface area contributed by atoms with Crippen LogP contribution in [-0.2, 0) is 15.5 Å². The highest BCUT2D eigenvalue weighted by atomic mass is 79.9. The maximum Gasteiger partial charge on any atom is 0.522 e. The Morgan fingerprint density at radius 3 is 1.41 bits per heavy atom. The summed E-state index contributed by atoms with van der Waals surface area (Å²) < 4.78 is 59.9. The van der Waals surface area contributed by atoms with Crippen molar-refractivity contribution in [2.75, 3.05) is 0 Å². The molecule has 51 heavy (non-hydrogen) atoms. The third-order valence-corrected chi connectivity index (χ3v) is 14.5. The van der Waals surface area contributed by atoms with Gasteiger partial charge in [0, 0.05) is 8.95 Å².